The lowest BCUT2D eigenvalue weighted by Crippen LogP contribution is -2.15. The maximum atomic E-state index is 3.37. The van der Waals surface area contributed by atoms with E-state index in [1.807, 2.05) is 18.8 Å². The van der Waals surface area contributed by atoms with Crippen LogP contribution in [0.5, 0.6) is 0 Å². The lowest BCUT2D eigenvalue weighted by atomic mass is 10.1. The van der Waals surface area contributed by atoms with E-state index in [9.17, 15) is 0 Å². The summed E-state index contributed by atoms with van der Waals surface area (Å²) in [5, 5.41) is 3.37. The molecule has 1 aromatic carbocycles. The van der Waals surface area contributed by atoms with Gasteiger partial charge in [0, 0.05) is 10.9 Å². The van der Waals surface area contributed by atoms with Gasteiger partial charge in [-0.3, -0.25) is 0 Å². The van der Waals surface area contributed by atoms with Crippen LogP contribution in [-0.2, 0) is 0 Å². The van der Waals surface area contributed by atoms with Gasteiger partial charge in [0.25, 0.3) is 0 Å². The minimum absolute atomic E-state index is 0.491. The Morgan fingerprint density at radius 1 is 1.27 bits per heavy atom. The van der Waals surface area contributed by atoms with Crippen LogP contribution in [0.1, 0.15) is 38.3 Å². The van der Waals surface area contributed by atoms with E-state index in [-0.39, 0.29) is 0 Å². The van der Waals surface area contributed by atoms with Crippen molar-refractivity contribution in [3.8, 4) is 0 Å². The highest BCUT2D eigenvalue weighted by Gasteiger charge is 2.10. The topological polar surface area (TPSA) is 12.0 Å². The first kappa shape index (κ1) is 12.6. The first-order valence-corrected chi connectivity index (χ1v) is 6.71. The summed E-state index contributed by atoms with van der Waals surface area (Å²) in [6, 6.07) is 9.22. The lowest BCUT2D eigenvalue weighted by Gasteiger charge is -2.17. The van der Waals surface area contributed by atoms with E-state index in [2.05, 4.69) is 43.4 Å². The van der Waals surface area contributed by atoms with Crippen molar-refractivity contribution in [2.24, 2.45) is 0 Å². The molecule has 0 aliphatic rings. The largest absolute Gasteiger partial charge is 0.313 e. The molecule has 0 aliphatic carbocycles. The summed E-state index contributed by atoms with van der Waals surface area (Å²) in [4.78, 5) is 1.43. The fourth-order valence-corrected chi connectivity index (χ4v) is 2.67. The van der Waals surface area contributed by atoms with Crippen LogP contribution in [0, 0.1) is 0 Å². The van der Waals surface area contributed by atoms with Crippen LogP contribution >= 0.6 is 11.8 Å². The van der Waals surface area contributed by atoms with Crippen molar-refractivity contribution in [3.63, 3.8) is 0 Å². The van der Waals surface area contributed by atoms with Crippen LogP contribution in [0.2, 0.25) is 0 Å². The SMILES string of the molecule is CCCSc1ccccc1C(CC)NC. The molecule has 0 spiro atoms. The molecule has 0 saturated carbocycles. The number of rotatable bonds is 6. The van der Waals surface area contributed by atoms with Crippen LogP contribution in [-0.4, -0.2) is 12.8 Å². The third-order valence-corrected chi connectivity index (χ3v) is 3.81. The smallest absolute Gasteiger partial charge is 0.0326 e. The summed E-state index contributed by atoms with van der Waals surface area (Å²) < 4.78 is 0. The normalized spacial score (nSPS) is 12.7. The molecule has 0 radical (unpaired) electrons. The van der Waals surface area contributed by atoms with Gasteiger partial charge in [-0.15, -0.1) is 11.8 Å². The van der Waals surface area contributed by atoms with Gasteiger partial charge in [-0.25, -0.2) is 0 Å². The summed E-state index contributed by atoms with van der Waals surface area (Å²) in [5.74, 6) is 1.21. The van der Waals surface area contributed by atoms with E-state index in [1.54, 1.807) is 0 Å². The summed E-state index contributed by atoms with van der Waals surface area (Å²) >= 11 is 1.97. The second-order valence-electron chi connectivity index (χ2n) is 3.64. The third-order valence-electron chi connectivity index (χ3n) is 2.51. The molecule has 1 nitrogen and oxygen atoms in total. The zero-order valence-electron chi connectivity index (χ0n) is 9.92. The predicted octanol–water partition coefficient (Wildman–Crippen LogP) is 3.86. The molecule has 1 unspecified atom stereocenters. The van der Waals surface area contributed by atoms with Gasteiger partial charge in [0.1, 0.15) is 0 Å². The Labute approximate surface area is 97.7 Å². The van der Waals surface area contributed by atoms with Crippen LogP contribution < -0.4 is 5.32 Å². The highest BCUT2D eigenvalue weighted by molar-refractivity contribution is 7.99. The number of thioether (sulfide) groups is 1. The minimum Gasteiger partial charge on any atom is -0.313 e. The Hall–Kier alpha value is -0.470. The highest BCUT2D eigenvalue weighted by atomic mass is 32.2. The molecule has 84 valence electrons. The van der Waals surface area contributed by atoms with Crippen LogP contribution in [0.4, 0.5) is 0 Å². The molecule has 0 saturated heterocycles. The van der Waals surface area contributed by atoms with E-state index >= 15 is 0 Å². The number of nitrogens with one attached hydrogen (secondary N) is 1. The van der Waals surface area contributed by atoms with Crippen LogP contribution in [0.15, 0.2) is 29.2 Å². The van der Waals surface area contributed by atoms with Crippen molar-refractivity contribution >= 4 is 11.8 Å². The average molecular weight is 223 g/mol. The maximum absolute atomic E-state index is 3.37. The fraction of sp³-hybridized carbons (Fsp3) is 0.538. The van der Waals surface area contributed by atoms with Crippen molar-refractivity contribution in [2.45, 2.75) is 37.6 Å². The predicted molar refractivity (Wildman–Crippen MR) is 69.5 cm³/mol. The van der Waals surface area contributed by atoms with E-state index < -0.39 is 0 Å². The van der Waals surface area contributed by atoms with Gasteiger partial charge in [-0.1, -0.05) is 32.0 Å². The fourth-order valence-electron chi connectivity index (χ4n) is 1.69. The molecule has 0 aliphatic heterocycles. The van der Waals surface area contributed by atoms with Crippen molar-refractivity contribution in [1.29, 1.82) is 0 Å². The van der Waals surface area contributed by atoms with Gasteiger partial charge in [-0.05, 0) is 37.3 Å². The lowest BCUT2D eigenvalue weighted by molar-refractivity contribution is 0.568. The molecule has 15 heavy (non-hydrogen) atoms. The molecule has 0 fully saturated rings. The molecule has 0 heterocycles. The van der Waals surface area contributed by atoms with Gasteiger partial charge in [0.2, 0.25) is 0 Å². The van der Waals surface area contributed by atoms with Gasteiger partial charge in [-0.2, -0.15) is 0 Å². The number of hydrogen-bond acceptors (Lipinski definition) is 2. The third kappa shape index (κ3) is 3.54. The van der Waals surface area contributed by atoms with E-state index in [0.717, 1.165) is 6.42 Å². The zero-order valence-corrected chi connectivity index (χ0v) is 10.7. The van der Waals surface area contributed by atoms with Crippen molar-refractivity contribution in [1.82, 2.24) is 5.32 Å². The summed E-state index contributed by atoms with van der Waals surface area (Å²) in [5.41, 5.74) is 1.45. The highest BCUT2D eigenvalue weighted by Crippen LogP contribution is 2.29. The van der Waals surface area contributed by atoms with E-state index in [0.29, 0.717) is 6.04 Å². The van der Waals surface area contributed by atoms with Crippen LogP contribution in [0.3, 0.4) is 0 Å². The molecule has 1 aromatic rings. The van der Waals surface area contributed by atoms with Crippen molar-refractivity contribution in [3.05, 3.63) is 29.8 Å². The monoisotopic (exact) mass is 223 g/mol. The molecule has 2 heteroatoms. The molecule has 1 N–H and O–H groups in total. The molecular formula is C13H21NS. The Morgan fingerprint density at radius 2 is 2.00 bits per heavy atom. The quantitative estimate of drug-likeness (QED) is 0.735. The van der Waals surface area contributed by atoms with E-state index in [1.165, 1.54) is 22.6 Å². The Kier molecular flexibility index (Phi) is 5.81. The molecule has 1 atom stereocenters. The molecule has 1 rings (SSSR count). The summed E-state index contributed by atoms with van der Waals surface area (Å²) in [6.07, 6.45) is 2.37. The Bertz CT molecular complexity index is 282. The second-order valence-corrected chi connectivity index (χ2v) is 4.77. The molecule has 0 amide bonds. The number of hydrogen-bond donors (Lipinski definition) is 1. The standard InChI is InChI=1S/C13H21NS/c1-4-10-15-13-9-7-6-8-11(13)12(5-2)14-3/h6-9,12,14H,4-5,10H2,1-3H3. The molecular weight excluding hydrogens is 202 g/mol. The van der Waals surface area contributed by atoms with E-state index in [4.69, 9.17) is 0 Å². The molecule has 0 bridgehead atoms. The summed E-state index contributed by atoms with van der Waals surface area (Å²) in [7, 11) is 2.04. The molecule has 0 aromatic heterocycles. The van der Waals surface area contributed by atoms with Gasteiger partial charge < -0.3 is 5.32 Å². The Balaban J connectivity index is 2.84. The summed E-state index contributed by atoms with van der Waals surface area (Å²) in [6.45, 7) is 4.45. The minimum atomic E-state index is 0.491. The van der Waals surface area contributed by atoms with Crippen molar-refractivity contribution < 1.29 is 0 Å². The number of benzene rings is 1. The Morgan fingerprint density at radius 3 is 2.60 bits per heavy atom. The van der Waals surface area contributed by atoms with Crippen LogP contribution in [0.25, 0.3) is 0 Å². The first-order chi connectivity index (χ1) is 7.33. The van der Waals surface area contributed by atoms with Gasteiger partial charge >= 0.3 is 0 Å². The average Bonchev–Trinajstić information content (AvgIpc) is 2.29. The maximum Gasteiger partial charge on any atom is 0.0326 e. The first-order valence-electron chi connectivity index (χ1n) is 5.72. The second kappa shape index (κ2) is 6.91. The van der Waals surface area contributed by atoms with Gasteiger partial charge in [0.05, 0.1) is 0 Å². The zero-order chi connectivity index (χ0) is 11.1. The van der Waals surface area contributed by atoms with Gasteiger partial charge in [0.15, 0.2) is 0 Å². The van der Waals surface area contributed by atoms with Crippen molar-refractivity contribution in [2.75, 3.05) is 12.8 Å².